The molecule has 3 aromatic rings. The number of pyridine rings is 1. The molecule has 8 heteroatoms. The number of aromatic nitrogens is 1. The van der Waals surface area contributed by atoms with Crippen molar-refractivity contribution in [2.45, 2.75) is 37.1 Å². The fraction of sp³-hybridized carbons (Fsp3) is 0.217. The maximum Gasteiger partial charge on any atom is 0.261 e. The number of ether oxygens (including phenoxy) is 1. The summed E-state index contributed by atoms with van der Waals surface area (Å²) in [4.78, 5) is 16.5. The number of amides is 1. The Labute approximate surface area is 181 Å². The molecule has 7 nitrogen and oxygen atoms in total. The summed E-state index contributed by atoms with van der Waals surface area (Å²) >= 11 is 0. The number of nitrogens with one attached hydrogen (secondary N) is 2. The van der Waals surface area contributed by atoms with Crippen molar-refractivity contribution in [1.29, 1.82) is 0 Å². The van der Waals surface area contributed by atoms with Gasteiger partial charge < -0.3 is 10.1 Å². The van der Waals surface area contributed by atoms with Crippen molar-refractivity contribution in [3.05, 3.63) is 78.0 Å². The van der Waals surface area contributed by atoms with Gasteiger partial charge in [-0.1, -0.05) is 17.7 Å². The van der Waals surface area contributed by atoms with E-state index in [2.05, 4.69) is 15.0 Å². The topological polar surface area (TPSA) is 97.4 Å². The molecule has 4 rings (SSSR count). The van der Waals surface area contributed by atoms with E-state index < -0.39 is 10.0 Å². The summed E-state index contributed by atoms with van der Waals surface area (Å²) in [5, 5.41) is 2.97. The summed E-state index contributed by atoms with van der Waals surface area (Å²) in [7, 11) is -3.66. The minimum absolute atomic E-state index is 0.131. The van der Waals surface area contributed by atoms with Gasteiger partial charge in [0.15, 0.2) is 0 Å². The molecule has 1 saturated carbocycles. The van der Waals surface area contributed by atoms with Gasteiger partial charge in [0.25, 0.3) is 15.9 Å². The van der Waals surface area contributed by atoms with E-state index in [1.807, 2.05) is 6.92 Å². The first-order valence-corrected chi connectivity index (χ1v) is 11.5. The first-order chi connectivity index (χ1) is 14.9. The van der Waals surface area contributed by atoms with Gasteiger partial charge in [-0.2, -0.15) is 0 Å². The quantitative estimate of drug-likeness (QED) is 0.575. The van der Waals surface area contributed by atoms with Crippen LogP contribution in [0.4, 0.5) is 5.69 Å². The van der Waals surface area contributed by atoms with Crippen LogP contribution in [0, 0.1) is 6.92 Å². The van der Waals surface area contributed by atoms with Crippen LogP contribution in [0.3, 0.4) is 0 Å². The van der Waals surface area contributed by atoms with Crippen molar-refractivity contribution in [3.63, 3.8) is 0 Å². The highest BCUT2D eigenvalue weighted by Gasteiger charge is 2.20. The lowest BCUT2D eigenvalue weighted by atomic mass is 9.93. The number of carbonyl (C=O) groups is 1. The van der Waals surface area contributed by atoms with E-state index >= 15 is 0 Å². The summed E-state index contributed by atoms with van der Waals surface area (Å²) in [5.74, 6) is 0.708. The van der Waals surface area contributed by atoms with Crippen LogP contribution in [0.5, 0.6) is 11.6 Å². The van der Waals surface area contributed by atoms with Gasteiger partial charge in [-0.3, -0.25) is 9.52 Å². The van der Waals surface area contributed by atoms with Crippen LogP contribution in [0.2, 0.25) is 0 Å². The van der Waals surface area contributed by atoms with Crippen molar-refractivity contribution in [2.24, 2.45) is 0 Å². The fourth-order valence-electron chi connectivity index (χ4n) is 3.04. The molecule has 2 N–H and O–H groups in total. The molecule has 1 amide bonds. The number of aryl methyl sites for hydroxylation is 1. The summed E-state index contributed by atoms with van der Waals surface area (Å²) in [6.45, 7) is 1.90. The molecular weight excluding hydrogens is 414 g/mol. The van der Waals surface area contributed by atoms with Crippen LogP contribution < -0.4 is 14.8 Å². The molecule has 1 aromatic heterocycles. The number of rotatable bonds is 7. The summed E-state index contributed by atoms with van der Waals surface area (Å²) in [5.41, 5.74) is 1.89. The second-order valence-electron chi connectivity index (χ2n) is 7.53. The van der Waals surface area contributed by atoms with Gasteiger partial charge in [0.1, 0.15) is 5.75 Å². The van der Waals surface area contributed by atoms with E-state index in [1.54, 1.807) is 60.7 Å². The Morgan fingerprint density at radius 1 is 1.00 bits per heavy atom. The third-order valence-corrected chi connectivity index (χ3v) is 6.50. The Morgan fingerprint density at radius 2 is 1.71 bits per heavy atom. The minimum atomic E-state index is -3.66. The Kier molecular flexibility index (Phi) is 5.90. The number of sulfonamides is 1. The average Bonchev–Trinajstić information content (AvgIpc) is 2.73. The highest BCUT2D eigenvalue weighted by molar-refractivity contribution is 7.92. The van der Waals surface area contributed by atoms with Gasteiger partial charge in [-0.15, -0.1) is 0 Å². The molecule has 0 saturated heterocycles. The van der Waals surface area contributed by atoms with E-state index in [0.29, 0.717) is 22.9 Å². The molecule has 1 heterocycles. The van der Waals surface area contributed by atoms with Gasteiger partial charge in [-0.25, -0.2) is 13.4 Å². The van der Waals surface area contributed by atoms with Crippen molar-refractivity contribution in [2.75, 3.05) is 4.72 Å². The van der Waals surface area contributed by atoms with Crippen molar-refractivity contribution in [1.82, 2.24) is 10.3 Å². The van der Waals surface area contributed by atoms with E-state index in [9.17, 15) is 13.2 Å². The fourth-order valence-corrected chi connectivity index (χ4v) is 4.10. The number of nitrogens with zero attached hydrogens (tertiary/aromatic N) is 1. The van der Waals surface area contributed by atoms with Crippen molar-refractivity contribution < 1.29 is 17.9 Å². The molecule has 2 aromatic carbocycles. The molecule has 1 fully saturated rings. The maximum atomic E-state index is 12.5. The average molecular weight is 438 g/mol. The second-order valence-corrected chi connectivity index (χ2v) is 9.21. The third kappa shape index (κ3) is 5.21. The lowest BCUT2D eigenvalue weighted by Crippen LogP contribution is -2.39. The molecule has 0 atom stereocenters. The smallest absolute Gasteiger partial charge is 0.261 e. The molecule has 1 aliphatic carbocycles. The number of carbonyl (C=O) groups excluding carboxylic acids is 1. The zero-order chi connectivity index (χ0) is 21.8. The Hall–Kier alpha value is -3.39. The van der Waals surface area contributed by atoms with Gasteiger partial charge in [0.2, 0.25) is 5.88 Å². The van der Waals surface area contributed by atoms with E-state index in [1.165, 1.54) is 6.20 Å². The van der Waals surface area contributed by atoms with Gasteiger partial charge in [-0.05, 0) is 68.7 Å². The molecule has 0 radical (unpaired) electrons. The molecule has 0 aliphatic heterocycles. The van der Waals surface area contributed by atoms with Crippen LogP contribution in [0.25, 0.3) is 0 Å². The predicted octanol–water partition coefficient (Wildman–Crippen LogP) is 4.27. The van der Waals surface area contributed by atoms with Crippen LogP contribution in [-0.2, 0) is 10.0 Å². The number of benzene rings is 2. The zero-order valence-corrected chi connectivity index (χ0v) is 17.9. The Bertz CT molecular complexity index is 1150. The van der Waals surface area contributed by atoms with Crippen LogP contribution >= 0.6 is 0 Å². The minimum Gasteiger partial charge on any atom is -0.439 e. The Balaban J connectivity index is 1.37. The molecule has 0 spiro atoms. The van der Waals surface area contributed by atoms with Gasteiger partial charge in [0, 0.05) is 24.0 Å². The monoisotopic (exact) mass is 437 g/mol. The highest BCUT2D eigenvalue weighted by atomic mass is 32.2. The summed E-state index contributed by atoms with van der Waals surface area (Å²) < 4.78 is 33.2. The van der Waals surface area contributed by atoms with E-state index in [-0.39, 0.29) is 16.8 Å². The van der Waals surface area contributed by atoms with E-state index in [4.69, 9.17) is 4.74 Å². The lowest BCUT2D eigenvalue weighted by Gasteiger charge is -2.26. The first-order valence-electron chi connectivity index (χ1n) is 10.0. The lowest BCUT2D eigenvalue weighted by molar-refractivity contribution is 0.0916. The first kappa shape index (κ1) is 20.9. The zero-order valence-electron chi connectivity index (χ0n) is 17.0. The largest absolute Gasteiger partial charge is 0.439 e. The number of hydrogen-bond donors (Lipinski definition) is 2. The van der Waals surface area contributed by atoms with Gasteiger partial charge >= 0.3 is 0 Å². The van der Waals surface area contributed by atoms with Crippen molar-refractivity contribution in [3.8, 4) is 11.6 Å². The predicted molar refractivity (Wildman–Crippen MR) is 118 cm³/mol. The molecule has 160 valence electrons. The van der Waals surface area contributed by atoms with Crippen molar-refractivity contribution >= 4 is 21.6 Å². The van der Waals surface area contributed by atoms with Crippen LogP contribution in [-0.4, -0.2) is 25.4 Å². The maximum absolute atomic E-state index is 12.5. The molecular formula is C23H23N3O4S. The second kappa shape index (κ2) is 8.77. The van der Waals surface area contributed by atoms with E-state index in [0.717, 1.165) is 24.8 Å². The Morgan fingerprint density at radius 3 is 2.29 bits per heavy atom. The van der Waals surface area contributed by atoms with Crippen LogP contribution in [0.1, 0.15) is 35.2 Å². The standard InChI is InChI=1S/C23H23N3O4S/c1-16-5-12-21(13-6-16)31(28,29)26-19-8-10-20(11-9-19)30-22-14-7-17(15-24-22)23(27)25-18-3-2-4-18/h5-15,18,26H,2-4H2,1H3,(H,25,27). The highest BCUT2D eigenvalue weighted by Crippen LogP contribution is 2.24. The molecule has 1 aliphatic rings. The SMILES string of the molecule is Cc1ccc(S(=O)(=O)Nc2ccc(Oc3ccc(C(=O)NC4CCC4)cn3)cc2)cc1. The number of anilines is 1. The molecule has 31 heavy (non-hydrogen) atoms. The van der Waals surface area contributed by atoms with Crippen LogP contribution in [0.15, 0.2) is 71.8 Å². The summed E-state index contributed by atoms with van der Waals surface area (Å²) in [6.07, 6.45) is 4.69. The number of hydrogen-bond acceptors (Lipinski definition) is 5. The normalized spacial score (nSPS) is 13.8. The van der Waals surface area contributed by atoms with Gasteiger partial charge in [0.05, 0.1) is 10.5 Å². The molecule has 0 bridgehead atoms. The summed E-state index contributed by atoms with van der Waals surface area (Å²) in [6, 6.07) is 16.7. The molecule has 0 unspecified atom stereocenters. The third-order valence-electron chi connectivity index (χ3n) is 5.10.